The number of aryl methyl sites for hydroxylation is 1. The van der Waals surface area contributed by atoms with Crippen molar-refractivity contribution in [2.75, 3.05) is 0 Å². The van der Waals surface area contributed by atoms with Crippen molar-refractivity contribution in [3.8, 4) is 0 Å². The van der Waals surface area contributed by atoms with Crippen molar-refractivity contribution in [2.24, 2.45) is 0 Å². The third-order valence-corrected chi connectivity index (χ3v) is 2.87. The van der Waals surface area contributed by atoms with E-state index in [1.807, 2.05) is 38.1 Å². The number of hydrogen-bond acceptors (Lipinski definition) is 3. The molecule has 0 amide bonds. The van der Waals surface area contributed by atoms with E-state index in [2.05, 4.69) is 10.2 Å². The van der Waals surface area contributed by atoms with Crippen LogP contribution in [0.25, 0.3) is 10.9 Å². The molecule has 0 radical (unpaired) electrons. The zero-order valence-electron chi connectivity index (χ0n) is 9.84. The first kappa shape index (κ1) is 11.5. The van der Waals surface area contributed by atoms with Crippen molar-refractivity contribution in [1.82, 2.24) is 10.2 Å². The van der Waals surface area contributed by atoms with E-state index in [9.17, 15) is 4.79 Å². The number of aromatic nitrogens is 2. The van der Waals surface area contributed by atoms with Crippen LogP contribution >= 0.6 is 0 Å². The summed E-state index contributed by atoms with van der Waals surface area (Å²) in [5.74, 6) is -0.856. The predicted molar refractivity (Wildman–Crippen MR) is 64.9 cm³/mol. The van der Waals surface area contributed by atoms with Gasteiger partial charge in [-0.15, -0.1) is 0 Å². The zero-order chi connectivity index (χ0) is 12.4. The smallest absolute Gasteiger partial charge is 0.303 e. The highest BCUT2D eigenvalue weighted by Crippen LogP contribution is 2.28. The fraction of sp³-hybridized carbons (Fsp3) is 0.308. The van der Waals surface area contributed by atoms with Crippen LogP contribution in [0.15, 0.2) is 24.3 Å². The third kappa shape index (κ3) is 2.25. The van der Waals surface area contributed by atoms with E-state index in [1.54, 1.807) is 0 Å². The highest BCUT2D eigenvalue weighted by molar-refractivity contribution is 5.83. The van der Waals surface area contributed by atoms with Gasteiger partial charge >= 0.3 is 5.97 Å². The molecule has 1 unspecified atom stereocenters. The Kier molecular flexibility index (Phi) is 3.04. The molecular weight excluding hydrogens is 216 g/mol. The van der Waals surface area contributed by atoms with Gasteiger partial charge in [0.15, 0.2) is 0 Å². The number of carbonyl (C=O) groups is 1. The van der Waals surface area contributed by atoms with E-state index in [-0.39, 0.29) is 12.3 Å². The zero-order valence-corrected chi connectivity index (χ0v) is 9.84. The van der Waals surface area contributed by atoms with Crippen LogP contribution in [0.1, 0.15) is 30.5 Å². The Morgan fingerprint density at radius 1 is 1.35 bits per heavy atom. The fourth-order valence-corrected chi connectivity index (χ4v) is 2.15. The SMILES string of the molecule is Cc1nnc2ccccc2c1C(C)CC(=O)O. The van der Waals surface area contributed by atoms with Crippen molar-refractivity contribution < 1.29 is 9.90 Å². The summed E-state index contributed by atoms with van der Waals surface area (Å²) in [6, 6.07) is 7.68. The number of carboxylic acids is 1. The molecule has 0 saturated heterocycles. The summed E-state index contributed by atoms with van der Waals surface area (Å²) in [4.78, 5) is 10.8. The predicted octanol–water partition coefficient (Wildman–Crippen LogP) is 2.52. The molecule has 0 spiro atoms. The molecule has 0 saturated carbocycles. The number of fused-ring (bicyclic) bond motifs is 1. The maximum absolute atomic E-state index is 10.8. The van der Waals surface area contributed by atoms with Gasteiger partial charge in [0.25, 0.3) is 0 Å². The lowest BCUT2D eigenvalue weighted by molar-refractivity contribution is -0.137. The van der Waals surface area contributed by atoms with Crippen LogP contribution in [0.2, 0.25) is 0 Å². The van der Waals surface area contributed by atoms with Gasteiger partial charge in [0.05, 0.1) is 17.6 Å². The van der Waals surface area contributed by atoms with E-state index in [0.29, 0.717) is 0 Å². The highest BCUT2D eigenvalue weighted by atomic mass is 16.4. The van der Waals surface area contributed by atoms with Gasteiger partial charge in [-0.3, -0.25) is 4.79 Å². The quantitative estimate of drug-likeness (QED) is 0.880. The second kappa shape index (κ2) is 4.49. The fourth-order valence-electron chi connectivity index (χ4n) is 2.15. The van der Waals surface area contributed by atoms with Crippen molar-refractivity contribution in [3.63, 3.8) is 0 Å². The van der Waals surface area contributed by atoms with Crippen molar-refractivity contribution in [1.29, 1.82) is 0 Å². The standard InChI is InChI=1S/C13H14N2O2/c1-8(7-12(16)17)13-9(2)14-15-11-6-4-3-5-10(11)13/h3-6,8H,7H2,1-2H3,(H,16,17). The number of rotatable bonds is 3. The normalized spacial score (nSPS) is 12.6. The topological polar surface area (TPSA) is 63.1 Å². The summed E-state index contributed by atoms with van der Waals surface area (Å²) in [7, 11) is 0. The number of hydrogen-bond donors (Lipinski definition) is 1. The molecule has 1 heterocycles. The summed E-state index contributed by atoms with van der Waals surface area (Å²) >= 11 is 0. The second-order valence-electron chi connectivity index (χ2n) is 4.22. The summed E-state index contributed by atoms with van der Waals surface area (Å²) in [5.41, 5.74) is 2.60. The van der Waals surface area contributed by atoms with Gasteiger partial charge in [0, 0.05) is 5.39 Å². The molecule has 1 aromatic carbocycles. The van der Waals surface area contributed by atoms with E-state index >= 15 is 0 Å². The lowest BCUT2D eigenvalue weighted by atomic mass is 9.93. The molecule has 1 aromatic heterocycles. The summed E-state index contributed by atoms with van der Waals surface area (Å²) < 4.78 is 0. The highest BCUT2D eigenvalue weighted by Gasteiger charge is 2.16. The number of nitrogens with zero attached hydrogens (tertiary/aromatic N) is 2. The minimum Gasteiger partial charge on any atom is -0.481 e. The van der Waals surface area contributed by atoms with Gasteiger partial charge in [0.1, 0.15) is 0 Å². The molecule has 4 heteroatoms. The average Bonchev–Trinajstić information content (AvgIpc) is 2.27. The summed E-state index contributed by atoms with van der Waals surface area (Å²) in [6.07, 6.45) is 0.108. The van der Waals surface area contributed by atoms with Gasteiger partial charge in [-0.1, -0.05) is 25.1 Å². The van der Waals surface area contributed by atoms with Crippen molar-refractivity contribution in [2.45, 2.75) is 26.2 Å². The van der Waals surface area contributed by atoms with E-state index in [0.717, 1.165) is 22.2 Å². The number of aliphatic carboxylic acids is 1. The maximum atomic E-state index is 10.8. The molecule has 17 heavy (non-hydrogen) atoms. The Labute approximate surface area is 99.3 Å². The lowest BCUT2D eigenvalue weighted by Crippen LogP contribution is -2.07. The molecule has 0 aliphatic heterocycles. The molecule has 0 bridgehead atoms. The molecule has 1 atom stereocenters. The summed E-state index contributed by atoms with van der Waals surface area (Å²) in [6.45, 7) is 3.78. The van der Waals surface area contributed by atoms with Crippen LogP contribution in [-0.4, -0.2) is 21.3 Å². The minimum atomic E-state index is -0.794. The monoisotopic (exact) mass is 230 g/mol. The van der Waals surface area contributed by atoms with E-state index < -0.39 is 5.97 Å². The van der Waals surface area contributed by atoms with Crippen molar-refractivity contribution in [3.05, 3.63) is 35.5 Å². The second-order valence-corrected chi connectivity index (χ2v) is 4.22. The van der Waals surface area contributed by atoms with Gasteiger partial charge in [-0.05, 0) is 24.5 Å². The molecular formula is C13H14N2O2. The molecule has 0 aliphatic rings. The molecule has 2 aromatic rings. The van der Waals surface area contributed by atoms with Gasteiger partial charge in [-0.25, -0.2) is 0 Å². The van der Waals surface area contributed by atoms with E-state index in [4.69, 9.17) is 5.11 Å². The minimum absolute atomic E-state index is 0.0621. The molecule has 2 rings (SSSR count). The molecule has 0 fully saturated rings. The van der Waals surface area contributed by atoms with Crippen LogP contribution in [-0.2, 0) is 4.79 Å². The summed E-state index contributed by atoms with van der Waals surface area (Å²) in [5, 5.41) is 18.1. The molecule has 1 N–H and O–H groups in total. The Bertz CT molecular complexity index is 566. The van der Waals surface area contributed by atoms with Crippen molar-refractivity contribution >= 4 is 16.9 Å². The Balaban J connectivity index is 2.58. The maximum Gasteiger partial charge on any atom is 0.303 e. The average molecular weight is 230 g/mol. The Morgan fingerprint density at radius 3 is 2.76 bits per heavy atom. The van der Waals surface area contributed by atoms with Crippen LogP contribution in [0.5, 0.6) is 0 Å². The Hall–Kier alpha value is -1.97. The molecule has 4 nitrogen and oxygen atoms in total. The lowest BCUT2D eigenvalue weighted by Gasteiger charge is -2.14. The largest absolute Gasteiger partial charge is 0.481 e. The van der Waals surface area contributed by atoms with Gasteiger partial charge < -0.3 is 5.11 Å². The molecule has 0 aliphatic carbocycles. The Morgan fingerprint density at radius 2 is 2.06 bits per heavy atom. The van der Waals surface area contributed by atoms with Crippen LogP contribution in [0.4, 0.5) is 0 Å². The first-order chi connectivity index (χ1) is 8.09. The number of carboxylic acid groups (broad SMARTS) is 1. The first-order valence-electron chi connectivity index (χ1n) is 5.53. The van der Waals surface area contributed by atoms with Gasteiger partial charge in [0.2, 0.25) is 0 Å². The van der Waals surface area contributed by atoms with Crippen LogP contribution in [0, 0.1) is 6.92 Å². The first-order valence-corrected chi connectivity index (χ1v) is 5.53. The van der Waals surface area contributed by atoms with Gasteiger partial charge in [-0.2, -0.15) is 10.2 Å². The number of benzene rings is 1. The van der Waals surface area contributed by atoms with Crippen LogP contribution < -0.4 is 0 Å². The van der Waals surface area contributed by atoms with E-state index in [1.165, 1.54) is 0 Å². The van der Waals surface area contributed by atoms with Crippen LogP contribution in [0.3, 0.4) is 0 Å². The third-order valence-electron chi connectivity index (χ3n) is 2.87. The molecule has 88 valence electrons.